The van der Waals surface area contributed by atoms with Crippen molar-refractivity contribution in [3.63, 3.8) is 0 Å². The van der Waals surface area contributed by atoms with Crippen molar-refractivity contribution in [2.45, 2.75) is 13.5 Å². The van der Waals surface area contributed by atoms with E-state index in [-0.39, 0.29) is 5.78 Å². The molecule has 1 aromatic carbocycles. The Kier molecular flexibility index (Phi) is 4.91. The van der Waals surface area contributed by atoms with Crippen LogP contribution in [0.1, 0.15) is 18.1 Å². The molecule has 0 radical (unpaired) electrons. The molecule has 1 heterocycles. The van der Waals surface area contributed by atoms with Gasteiger partial charge in [0.05, 0.1) is 0 Å². The molecule has 0 saturated heterocycles. The molecule has 0 saturated carbocycles. The smallest absolute Gasteiger partial charge is 0.152 e. The molecule has 0 fully saturated rings. The molecule has 20 heavy (non-hydrogen) atoms. The molecule has 102 valence electrons. The predicted octanol–water partition coefficient (Wildman–Crippen LogP) is 3.92. The molecule has 0 aliphatic heterocycles. The van der Waals surface area contributed by atoms with Crippen molar-refractivity contribution < 1.29 is 9.53 Å². The molecule has 0 unspecified atom stereocenters. The lowest BCUT2D eigenvalue weighted by Gasteiger charge is -2.06. The molecule has 4 heteroatoms. The second-order valence-corrected chi connectivity index (χ2v) is 4.68. The van der Waals surface area contributed by atoms with Crippen LogP contribution in [0.5, 0.6) is 5.75 Å². The Bertz CT molecular complexity index is 603. The summed E-state index contributed by atoms with van der Waals surface area (Å²) in [6.07, 6.45) is 5.00. The first kappa shape index (κ1) is 14.3. The van der Waals surface area contributed by atoms with E-state index in [1.54, 1.807) is 18.3 Å². The quantitative estimate of drug-likeness (QED) is 0.618. The van der Waals surface area contributed by atoms with E-state index in [1.807, 2.05) is 30.3 Å². The summed E-state index contributed by atoms with van der Waals surface area (Å²) in [5, 5.41) is 0.468. The highest BCUT2D eigenvalue weighted by atomic mass is 35.5. The van der Waals surface area contributed by atoms with Crippen LogP contribution in [0.15, 0.2) is 48.7 Å². The molecule has 0 spiro atoms. The van der Waals surface area contributed by atoms with Crippen LogP contribution in [0.3, 0.4) is 0 Å². The van der Waals surface area contributed by atoms with Gasteiger partial charge in [0.25, 0.3) is 0 Å². The van der Waals surface area contributed by atoms with Gasteiger partial charge >= 0.3 is 0 Å². The van der Waals surface area contributed by atoms with Gasteiger partial charge in [-0.1, -0.05) is 35.9 Å². The van der Waals surface area contributed by atoms with Crippen LogP contribution in [0.4, 0.5) is 0 Å². The van der Waals surface area contributed by atoms with Crippen LogP contribution >= 0.6 is 11.6 Å². The molecule has 0 bridgehead atoms. The largest absolute Gasteiger partial charge is 0.489 e. The topological polar surface area (TPSA) is 39.2 Å². The molecule has 0 atom stereocenters. The summed E-state index contributed by atoms with van der Waals surface area (Å²) in [6.45, 7) is 1.96. The lowest BCUT2D eigenvalue weighted by molar-refractivity contribution is -0.112. The molecule has 2 aromatic rings. The zero-order valence-electron chi connectivity index (χ0n) is 11.0. The Balaban J connectivity index is 1.93. The average Bonchev–Trinajstić information content (AvgIpc) is 2.45. The fraction of sp³-hybridized carbons (Fsp3) is 0.125. The number of halogens is 1. The highest BCUT2D eigenvalue weighted by Crippen LogP contribution is 2.15. The summed E-state index contributed by atoms with van der Waals surface area (Å²) in [7, 11) is 0. The SMILES string of the molecule is CC(=O)/C=C/c1ccc(OCc2ccc(Cl)nc2)cc1. The highest BCUT2D eigenvalue weighted by molar-refractivity contribution is 6.29. The molecule has 1 aromatic heterocycles. The number of hydrogen-bond donors (Lipinski definition) is 0. The maximum Gasteiger partial charge on any atom is 0.152 e. The molecule has 0 amide bonds. The fourth-order valence-electron chi connectivity index (χ4n) is 1.55. The first-order valence-corrected chi connectivity index (χ1v) is 6.53. The number of benzene rings is 1. The monoisotopic (exact) mass is 287 g/mol. The fourth-order valence-corrected chi connectivity index (χ4v) is 1.66. The first-order valence-electron chi connectivity index (χ1n) is 6.15. The van der Waals surface area contributed by atoms with Gasteiger partial charge in [-0.3, -0.25) is 4.79 Å². The Labute approximate surface area is 122 Å². The third-order valence-electron chi connectivity index (χ3n) is 2.58. The third-order valence-corrected chi connectivity index (χ3v) is 2.81. The van der Waals surface area contributed by atoms with Gasteiger partial charge in [-0.25, -0.2) is 4.98 Å². The van der Waals surface area contributed by atoms with Crippen molar-refractivity contribution in [2.24, 2.45) is 0 Å². The summed E-state index contributed by atoms with van der Waals surface area (Å²) in [6, 6.07) is 11.1. The number of rotatable bonds is 5. The van der Waals surface area contributed by atoms with E-state index in [0.29, 0.717) is 11.8 Å². The maximum atomic E-state index is 10.8. The van der Waals surface area contributed by atoms with Gasteiger partial charge in [0.2, 0.25) is 0 Å². The Morgan fingerprint density at radius 2 is 2.00 bits per heavy atom. The summed E-state index contributed by atoms with van der Waals surface area (Å²) in [4.78, 5) is 14.8. The summed E-state index contributed by atoms with van der Waals surface area (Å²) >= 11 is 5.72. The number of carbonyl (C=O) groups is 1. The zero-order chi connectivity index (χ0) is 14.4. The van der Waals surface area contributed by atoms with Crippen molar-refractivity contribution in [2.75, 3.05) is 0 Å². The van der Waals surface area contributed by atoms with Crippen LogP contribution in [0.2, 0.25) is 5.15 Å². The minimum Gasteiger partial charge on any atom is -0.489 e. The second kappa shape index (κ2) is 6.87. The van der Waals surface area contributed by atoms with Gasteiger partial charge in [-0.2, -0.15) is 0 Å². The lowest BCUT2D eigenvalue weighted by atomic mass is 10.2. The Morgan fingerprint density at radius 1 is 1.25 bits per heavy atom. The van der Waals surface area contributed by atoms with Gasteiger partial charge in [0.1, 0.15) is 17.5 Å². The predicted molar refractivity (Wildman–Crippen MR) is 79.7 cm³/mol. The van der Waals surface area contributed by atoms with Gasteiger partial charge in [0.15, 0.2) is 5.78 Å². The van der Waals surface area contributed by atoms with Crippen LogP contribution in [0.25, 0.3) is 6.08 Å². The standard InChI is InChI=1S/C16H14ClNO2/c1-12(19)2-3-13-4-7-15(8-5-13)20-11-14-6-9-16(17)18-10-14/h2-10H,11H2,1H3/b3-2+. The minimum absolute atomic E-state index is 0.0283. The number of ether oxygens (including phenoxy) is 1. The molecule has 0 N–H and O–H groups in total. The van der Waals surface area contributed by atoms with Crippen molar-refractivity contribution in [3.05, 3.63) is 65.0 Å². The van der Waals surface area contributed by atoms with Crippen LogP contribution in [-0.2, 0) is 11.4 Å². The maximum absolute atomic E-state index is 10.8. The minimum atomic E-state index is 0.0283. The molecular formula is C16H14ClNO2. The third kappa shape index (κ3) is 4.52. The Hall–Kier alpha value is -2.13. The molecular weight excluding hydrogens is 274 g/mol. The molecule has 2 rings (SSSR count). The van der Waals surface area contributed by atoms with E-state index in [9.17, 15) is 4.79 Å². The van der Waals surface area contributed by atoms with Gasteiger partial charge in [0, 0.05) is 11.8 Å². The normalized spacial score (nSPS) is 10.7. The average molecular weight is 288 g/mol. The van der Waals surface area contributed by atoms with Crippen LogP contribution < -0.4 is 4.74 Å². The highest BCUT2D eigenvalue weighted by Gasteiger charge is 1.97. The summed E-state index contributed by atoms with van der Waals surface area (Å²) in [5.41, 5.74) is 1.91. The lowest BCUT2D eigenvalue weighted by Crippen LogP contribution is -1.95. The zero-order valence-corrected chi connectivity index (χ0v) is 11.8. The van der Waals surface area contributed by atoms with Crippen LogP contribution in [-0.4, -0.2) is 10.8 Å². The second-order valence-electron chi connectivity index (χ2n) is 4.29. The summed E-state index contributed by atoms with van der Waals surface area (Å²) in [5.74, 6) is 0.792. The molecule has 3 nitrogen and oxygen atoms in total. The van der Waals surface area contributed by atoms with Crippen molar-refractivity contribution in [1.29, 1.82) is 0 Å². The number of ketones is 1. The van der Waals surface area contributed by atoms with E-state index >= 15 is 0 Å². The van der Waals surface area contributed by atoms with Crippen molar-refractivity contribution in [3.8, 4) is 5.75 Å². The Morgan fingerprint density at radius 3 is 2.60 bits per heavy atom. The van der Waals surface area contributed by atoms with Gasteiger partial charge in [-0.15, -0.1) is 0 Å². The number of allylic oxidation sites excluding steroid dienone is 1. The van der Waals surface area contributed by atoms with E-state index < -0.39 is 0 Å². The first-order chi connectivity index (χ1) is 9.63. The van der Waals surface area contributed by atoms with Crippen LogP contribution in [0, 0.1) is 0 Å². The summed E-state index contributed by atoms with van der Waals surface area (Å²) < 4.78 is 5.64. The molecule has 0 aliphatic carbocycles. The van der Waals surface area contributed by atoms with E-state index in [0.717, 1.165) is 16.9 Å². The number of nitrogens with zero attached hydrogens (tertiary/aromatic N) is 1. The van der Waals surface area contributed by atoms with Crippen molar-refractivity contribution in [1.82, 2.24) is 4.98 Å². The van der Waals surface area contributed by atoms with E-state index in [2.05, 4.69) is 4.98 Å². The number of carbonyl (C=O) groups excluding carboxylic acids is 1. The number of aromatic nitrogens is 1. The van der Waals surface area contributed by atoms with Crippen molar-refractivity contribution >= 4 is 23.5 Å². The molecule has 0 aliphatic rings. The van der Waals surface area contributed by atoms with Gasteiger partial charge < -0.3 is 4.74 Å². The number of hydrogen-bond acceptors (Lipinski definition) is 3. The van der Waals surface area contributed by atoms with Gasteiger partial charge in [-0.05, 0) is 36.8 Å². The van der Waals surface area contributed by atoms with E-state index in [1.165, 1.54) is 13.0 Å². The van der Waals surface area contributed by atoms with E-state index in [4.69, 9.17) is 16.3 Å². The number of pyridine rings is 1.